The molecule has 0 saturated carbocycles. The number of aliphatic hydroxyl groups excluding tert-OH is 1. The second kappa shape index (κ2) is 12.7. The molecular formula is C31H35FN4O6. The van der Waals surface area contributed by atoms with Crippen LogP contribution in [-0.4, -0.2) is 72.5 Å². The molecule has 0 unspecified atom stereocenters. The molecule has 3 aromatic rings. The first-order chi connectivity index (χ1) is 20.2. The van der Waals surface area contributed by atoms with Gasteiger partial charge in [-0.1, -0.05) is 19.1 Å². The average Bonchev–Trinajstić information content (AvgIpc) is 3.44. The summed E-state index contributed by atoms with van der Waals surface area (Å²) in [7, 11) is 1.99. The molecule has 0 fully saturated rings. The van der Waals surface area contributed by atoms with Gasteiger partial charge in [-0.05, 0) is 68.1 Å². The standard InChI is InChI=1S/C31H35FN4O6/c1-19-14-36(20(2)17-37)30(38)24-5-4-6-25(34-31(39)33-23-10-8-22(32)9-11-23)29(24)42-28(19)16-35(3)15-21-7-12-26-27(13-21)41-18-40-26/h4-13,19-20,28,37H,14-18H2,1-3H3,(H2,33,34,39)/t19-,20+,28-/m1/s1. The van der Waals surface area contributed by atoms with Gasteiger partial charge in [0.15, 0.2) is 17.2 Å². The summed E-state index contributed by atoms with van der Waals surface area (Å²) in [6.07, 6.45) is -0.368. The Hall–Kier alpha value is -4.35. The van der Waals surface area contributed by atoms with E-state index in [4.69, 9.17) is 14.2 Å². The van der Waals surface area contributed by atoms with E-state index in [1.54, 1.807) is 30.0 Å². The van der Waals surface area contributed by atoms with E-state index < -0.39 is 17.9 Å². The highest BCUT2D eigenvalue weighted by Crippen LogP contribution is 2.36. The number of rotatable bonds is 8. The van der Waals surface area contributed by atoms with E-state index in [-0.39, 0.29) is 42.6 Å². The van der Waals surface area contributed by atoms with Gasteiger partial charge in [-0.15, -0.1) is 0 Å². The van der Waals surface area contributed by atoms with E-state index in [0.717, 1.165) is 11.3 Å². The van der Waals surface area contributed by atoms with Crippen molar-refractivity contribution in [3.05, 3.63) is 77.6 Å². The number of aliphatic hydroxyl groups is 1. The van der Waals surface area contributed by atoms with Gasteiger partial charge in [-0.2, -0.15) is 0 Å². The monoisotopic (exact) mass is 578 g/mol. The molecule has 11 heteroatoms. The van der Waals surface area contributed by atoms with Crippen LogP contribution in [-0.2, 0) is 6.54 Å². The number of likely N-dealkylation sites (N-methyl/N-ethyl adjacent to an activating group) is 1. The lowest BCUT2D eigenvalue weighted by atomic mass is 9.99. The van der Waals surface area contributed by atoms with Crippen LogP contribution in [0.15, 0.2) is 60.7 Å². The van der Waals surface area contributed by atoms with Gasteiger partial charge >= 0.3 is 6.03 Å². The normalized spacial score (nSPS) is 18.5. The highest BCUT2D eigenvalue weighted by atomic mass is 19.1. The molecule has 0 bridgehead atoms. The molecule has 2 aliphatic heterocycles. The Morgan fingerprint density at radius 2 is 1.88 bits per heavy atom. The summed E-state index contributed by atoms with van der Waals surface area (Å²) in [4.78, 5) is 30.4. The number of hydrogen-bond donors (Lipinski definition) is 3. The molecule has 0 saturated heterocycles. The number of nitrogens with one attached hydrogen (secondary N) is 2. The smallest absolute Gasteiger partial charge is 0.323 e. The molecule has 3 aromatic carbocycles. The van der Waals surface area contributed by atoms with Crippen LogP contribution in [0.25, 0.3) is 0 Å². The van der Waals surface area contributed by atoms with Crippen molar-refractivity contribution in [1.29, 1.82) is 0 Å². The summed E-state index contributed by atoms with van der Waals surface area (Å²) in [6, 6.07) is 15.2. The van der Waals surface area contributed by atoms with Gasteiger partial charge < -0.3 is 34.9 Å². The predicted octanol–water partition coefficient (Wildman–Crippen LogP) is 4.55. The minimum atomic E-state index is -0.571. The van der Waals surface area contributed by atoms with Crippen LogP contribution >= 0.6 is 0 Å². The largest absolute Gasteiger partial charge is 0.486 e. The lowest BCUT2D eigenvalue weighted by molar-refractivity contribution is 0.0343. The fourth-order valence-electron chi connectivity index (χ4n) is 5.10. The van der Waals surface area contributed by atoms with Crippen LogP contribution in [0.4, 0.5) is 20.6 Å². The number of para-hydroxylation sites is 1. The molecular weight excluding hydrogens is 543 g/mol. The summed E-state index contributed by atoms with van der Waals surface area (Å²) >= 11 is 0. The topological polar surface area (TPSA) is 113 Å². The van der Waals surface area contributed by atoms with Crippen molar-refractivity contribution in [2.75, 3.05) is 44.2 Å². The minimum absolute atomic E-state index is 0.114. The van der Waals surface area contributed by atoms with Gasteiger partial charge in [0.2, 0.25) is 6.79 Å². The Labute approximate surface area is 244 Å². The maximum absolute atomic E-state index is 13.7. The molecule has 42 heavy (non-hydrogen) atoms. The zero-order valence-corrected chi connectivity index (χ0v) is 23.8. The van der Waals surface area contributed by atoms with E-state index in [9.17, 15) is 19.1 Å². The van der Waals surface area contributed by atoms with Crippen LogP contribution in [0.3, 0.4) is 0 Å². The number of hydrogen-bond acceptors (Lipinski definition) is 7. The third-order valence-electron chi connectivity index (χ3n) is 7.42. The number of carbonyl (C=O) groups is 2. The SMILES string of the molecule is C[C@@H]1CN([C@@H](C)CO)C(=O)c2cccc(NC(=O)Nc3ccc(F)cc3)c2O[C@@H]1CN(C)Cc1ccc2c(c1)OCO2. The Kier molecular flexibility index (Phi) is 8.79. The maximum atomic E-state index is 13.7. The fourth-order valence-corrected chi connectivity index (χ4v) is 5.10. The zero-order chi connectivity index (χ0) is 29.8. The van der Waals surface area contributed by atoms with Gasteiger partial charge in [0.1, 0.15) is 11.9 Å². The maximum Gasteiger partial charge on any atom is 0.323 e. The van der Waals surface area contributed by atoms with Gasteiger partial charge in [-0.3, -0.25) is 9.69 Å². The number of benzene rings is 3. The van der Waals surface area contributed by atoms with Crippen molar-refractivity contribution < 1.29 is 33.3 Å². The Bertz CT molecular complexity index is 1440. The first-order valence-electron chi connectivity index (χ1n) is 13.8. The third-order valence-corrected chi connectivity index (χ3v) is 7.42. The quantitative estimate of drug-likeness (QED) is 0.360. The number of nitrogens with zero attached hydrogens (tertiary/aromatic N) is 2. The summed E-state index contributed by atoms with van der Waals surface area (Å²) in [5.74, 6) is 0.862. The lowest BCUT2D eigenvalue weighted by Crippen LogP contribution is -2.49. The third kappa shape index (κ3) is 6.58. The molecule has 0 spiro atoms. The molecule has 2 heterocycles. The van der Waals surface area contributed by atoms with E-state index in [2.05, 4.69) is 15.5 Å². The summed E-state index contributed by atoms with van der Waals surface area (Å²) in [5.41, 5.74) is 2.05. The van der Waals surface area contributed by atoms with E-state index in [0.29, 0.717) is 36.8 Å². The number of urea groups is 1. The predicted molar refractivity (Wildman–Crippen MR) is 156 cm³/mol. The van der Waals surface area contributed by atoms with Crippen LogP contribution in [0.2, 0.25) is 0 Å². The molecule has 0 radical (unpaired) electrons. The van der Waals surface area contributed by atoms with Crippen molar-refractivity contribution in [3.63, 3.8) is 0 Å². The second-order valence-corrected chi connectivity index (χ2v) is 10.8. The molecule has 0 aliphatic carbocycles. The summed E-state index contributed by atoms with van der Waals surface area (Å²) in [5, 5.41) is 15.4. The molecule has 0 aromatic heterocycles. The summed E-state index contributed by atoms with van der Waals surface area (Å²) < 4.78 is 30.8. The first-order valence-corrected chi connectivity index (χ1v) is 13.8. The van der Waals surface area contributed by atoms with Crippen molar-refractivity contribution >= 4 is 23.3 Å². The molecule has 3 atom stereocenters. The number of halogens is 1. The Morgan fingerprint density at radius 3 is 2.64 bits per heavy atom. The van der Waals surface area contributed by atoms with Crippen molar-refractivity contribution in [2.24, 2.45) is 5.92 Å². The highest BCUT2D eigenvalue weighted by molar-refractivity contribution is 6.04. The first kappa shape index (κ1) is 29.2. The summed E-state index contributed by atoms with van der Waals surface area (Å²) in [6.45, 7) is 5.33. The number of anilines is 2. The van der Waals surface area contributed by atoms with Crippen molar-refractivity contribution in [2.45, 2.75) is 32.5 Å². The van der Waals surface area contributed by atoms with Crippen LogP contribution in [0, 0.1) is 11.7 Å². The van der Waals surface area contributed by atoms with E-state index >= 15 is 0 Å². The number of carbonyl (C=O) groups excluding carboxylic acids is 2. The molecule has 3 N–H and O–H groups in total. The van der Waals surface area contributed by atoms with E-state index in [1.807, 2.05) is 32.2 Å². The van der Waals surface area contributed by atoms with Crippen molar-refractivity contribution in [3.8, 4) is 17.2 Å². The molecule has 2 aliphatic rings. The molecule has 222 valence electrons. The van der Waals surface area contributed by atoms with Gasteiger partial charge in [-0.25, -0.2) is 9.18 Å². The number of fused-ring (bicyclic) bond motifs is 2. The minimum Gasteiger partial charge on any atom is -0.486 e. The average molecular weight is 579 g/mol. The molecule has 10 nitrogen and oxygen atoms in total. The van der Waals surface area contributed by atoms with Crippen molar-refractivity contribution in [1.82, 2.24) is 9.80 Å². The van der Waals surface area contributed by atoms with Gasteiger partial charge in [0.05, 0.1) is 23.9 Å². The second-order valence-electron chi connectivity index (χ2n) is 10.8. The molecule has 5 rings (SSSR count). The Morgan fingerprint density at radius 1 is 1.12 bits per heavy atom. The van der Waals surface area contributed by atoms with Crippen LogP contribution in [0.5, 0.6) is 17.2 Å². The van der Waals surface area contributed by atoms with E-state index in [1.165, 1.54) is 24.3 Å². The van der Waals surface area contributed by atoms with Gasteiger partial charge in [0, 0.05) is 31.2 Å². The lowest BCUT2D eigenvalue weighted by Gasteiger charge is -2.38. The number of ether oxygens (including phenoxy) is 3. The van der Waals surface area contributed by atoms with Crippen LogP contribution in [0.1, 0.15) is 29.8 Å². The number of amides is 3. The fraction of sp³-hybridized carbons (Fsp3) is 0.355. The van der Waals surface area contributed by atoms with Gasteiger partial charge in [0.25, 0.3) is 5.91 Å². The zero-order valence-electron chi connectivity index (χ0n) is 23.8. The Balaban J connectivity index is 1.40. The molecule has 3 amide bonds. The highest BCUT2D eigenvalue weighted by Gasteiger charge is 2.34. The van der Waals surface area contributed by atoms with Crippen LogP contribution < -0.4 is 24.8 Å².